The summed E-state index contributed by atoms with van der Waals surface area (Å²) in [5, 5.41) is 0. The molecule has 0 bridgehead atoms. The SMILES string of the molecule is Fc1c(F)c(F)c([B-](c2c(F)c(F)c(F)c(F)c2F)(c2c(F)c(F)c(F)c(F)c2F)c2c(F)c(F)c(F)c(F)c2F)c(F)c1F.O=C(OC1CCCCC1)c1ccc(C[n+]2ccncc2)cc1. The highest BCUT2D eigenvalue weighted by molar-refractivity contribution is 7.20. The van der Waals surface area contributed by atoms with Gasteiger partial charge in [0.05, 0.1) is 18.0 Å². The van der Waals surface area contributed by atoms with E-state index < -0.39 is 144 Å². The number of esters is 1. The van der Waals surface area contributed by atoms with Crippen LogP contribution in [0, 0.1) is 116 Å². The normalized spacial score (nSPS) is 13.1. The molecule has 67 heavy (non-hydrogen) atoms. The van der Waals surface area contributed by atoms with Crippen molar-refractivity contribution < 1.29 is 102 Å². The summed E-state index contributed by atoms with van der Waals surface area (Å²) in [6, 6.07) is 7.65. The van der Waals surface area contributed by atoms with Gasteiger partial charge in [0.1, 0.15) is 58.8 Å². The summed E-state index contributed by atoms with van der Waals surface area (Å²) >= 11 is 0. The van der Waals surface area contributed by atoms with E-state index in [0.717, 1.165) is 24.9 Å². The number of rotatable bonds is 8. The van der Waals surface area contributed by atoms with Gasteiger partial charge in [-0.15, -0.1) is 21.9 Å². The number of ether oxygens (including phenoxy) is 1. The third kappa shape index (κ3) is 8.51. The molecule has 4 nitrogen and oxygen atoms in total. The quantitative estimate of drug-likeness (QED) is 0.0383. The van der Waals surface area contributed by atoms with Gasteiger partial charge in [-0.2, -0.15) is 4.57 Å². The Labute approximate surface area is 362 Å². The number of carbonyl (C=O) groups is 1. The van der Waals surface area contributed by atoms with Gasteiger partial charge in [0.2, 0.25) is 0 Å². The molecule has 0 radical (unpaired) electrons. The highest BCUT2D eigenvalue weighted by Gasteiger charge is 2.52. The number of aromatic nitrogens is 2. The monoisotopic (exact) mass is 976 g/mol. The topological polar surface area (TPSA) is 43.1 Å². The first-order valence-electron chi connectivity index (χ1n) is 18.8. The summed E-state index contributed by atoms with van der Waals surface area (Å²) < 4.78 is 302. The zero-order valence-corrected chi connectivity index (χ0v) is 32.8. The Balaban J connectivity index is 0.000000279. The summed E-state index contributed by atoms with van der Waals surface area (Å²) in [7, 11) is 0. The Morgan fingerprint density at radius 2 is 0.731 bits per heavy atom. The molecule has 5 aromatic carbocycles. The zero-order valence-electron chi connectivity index (χ0n) is 32.8. The molecule has 0 saturated heterocycles. The van der Waals surface area contributed by atoms with Gasteiger partial charge in [0.25, 0.3) is 0 Å². The van der Waals surface area contributed by atoms with Crippen molar-refractivity contribution in [2.75, 3.05) is 0 Å². The molecular formula is C42H21BF20N2O2. The van der Waals surface area contributed by atoms with Gasteiger partial charge in [-0.3, -0.25) is 4.98 Å². The summed E-state index contributed by atoms with van der Waals surface area (Å²) in [5.74, 6) is -71.6. The lowest BCUT2D eigenvalue weighted by molar-refractivity contribution is -0.688. The van der Waals surface area contributed by atoms with Gasteiger partial charge in [0.15, 0.2) is 88.7 Å². The molecule has 6 aromatic rings. The van der Waals surface area contributed by atoms with Gasteiger partial charge in [-0.05, 0) is 37.8 Å². The predicted octanol–water partition coefficient (Wildman–Crippen LogP) is 8.75. The van der Waals surface area contributed by atoms with Crippen molar-refractivity contribution in [1.29, 1.82) is 0 Å². The molecule has 1 aromatic heterocycles. The van der Waals surface area contributed by atoms with Crippen molar-refractivity contribution in [2.24, 2.45) is 0 Å². The van der Waals surface area contributed by atoms with Crippen LogP contribution in [-0.2, 0) is 11.3 Å². The highest BCUT2D eigenvalue weighted by atomic mass is 19.2. The van der Waals surface area contributed by atoms with Crippen molar-refractivity contribution in [2.45, 2.75) is 44.8 Å². The molecule has 354 valence electrons. The lowest BCUT2D eigenvalue weighted by atomic mass is 9.12. The van der Waals surface area contributed by atoms with Crippen molar-refractivity contribution in [1.82, 2.24) is 4.98 Å². The van der Waals surface area contributed by atoms with Gasteiger partial charge >= 0.3 is 5.97 Å². The first kappa shape index (κ1) is 49.7. The van der Waals surface area contributed by atoms with E-state index in [1.807, 2.05) is 41.2 Å². The van der Waals surface area contributed by atoms with Crippen LogP contribution in [0.2, 0.25) is 0 Å². The first-order chi connectivity index (χ1) is 31.5. The van der Waals surface area contributed by atoms with Crippen LogP contribution >= 0.6 is 0 Å². The Hall–Kier alpha value is -6.69. The van der Waals surface area contributed by atoms with Gasteiger partial charge < -0.3 is 4.74 Å². The van der Waals surface area contributed by atoms with Gasteiger partial charge in [-0.25, -0.2) is 92.6 Å². The Kier molecular flexibility index (Phi) is 14.3. The summed E-state index contributed by atoms with van der Waals surface area (Å²) in [6.07, 6.45) is 5.85. The number of hydrogen-bond acceptors (Lipinski definition) is 3. The Morgan fingerprint density at radius 3 is 1.03 bits per heavy atom. The molecule has 0 atom stereocenters. The third-order valence-corrected chi connectivity index (χ3v) is 10.8. The van der Waals surface area contributed by atoms with Crippen LogP contribution in [-0.4, -0.2) is 23.2 Å². The van der Waals surface area contributed by atoms with E-state index >= 15 is 35.1 Å². The minimum atomic E-state index is -7.22. The van der Waals surface area contributed by atoms with Crippen molar-refractivity contribution in [3.05, 3.63) is 177 Å². The van der Waals surface area contributed by atoms with Gasteiger partial charge in [0, 0.05) is 5.56 Å². The average molecular weight is 976 g/mol. The van der Waals surface area contributed by atoms with E-state index in [2.05, 4.69) is 4.98 Å². The first-order valence-corrected chi connectivity index (χ1v) is 18.8. The third-order valence-electron chi connectivity index (χ3n) is 10.8. The molecule has 1 aliphatic rings. The predicted molar refractivity (Wildman–Crippen MR) is 191 cm³/mol. The van der Waals surface area contributed by atoms with Crippen molar-refractivity contribution >= 4 is 34.0 Å². The smallest absolute Gasteiger partial charge is 0.338 e. The van der Waals surface area contributed by atoms with Crippen LogP contribution in [0.5, 0.6) is 0 Å². The second-order valence-corrected chi connectivity index (χ2v) is 14.6. The van der Waals surface area contributed by atoms with Crippen LogP contribution in [0.25, 0.3) is 0 Å². The molecule has 0 N–H and O–H groups in total. The van der Waals surface area contributed by atoms with E-state index in [1.165, 1.54) is 19.3 Å². The molecule has 0 spiro atoms. The van der Waals surface area contributed by atoms with Crippen LogP contribution in [0.15, 0.2) is 49.1 Å². The van der Waals surface area contributed by atoms with E-state index in [1.54, 1.807) is 12.4 Å². The minimum absolute atomic E-state index is 0.105. The largest absolute Gasteiger partial charge is 0.459 e. The number of nitrogens with zero attached hydrogens (tertiary/aromatic N) is 2. The fourth-order valence-corrected chi connectivity index (χ4v) is 7.69. The zero-order chi connectivity index (χ0) is 49.6. The molecule has 0 amide bonds. The van der Waals surface area contributed by atoms with Gasteiger partial charge in [-0.1, -0.05) is 18.6 Å². The summed E-state index contributed by atoms with van der Waals surface area (Å²) in [4.78, 5) is 16.1. The van der Waals surface area contributed by atoms with E-state index in [0.29, 0.717) is 5.56 Å². The highest BCUT2D eigenvalue weighted by Crippen LogP contribution is 2.31. The van der Waals surface area contributed by atoms with E-state index in [-0.39, 0.29) is 12.1 Å². The van der Waals surface area contributed by atoms with Crippen LogP contribution in [0.4, 0.5) is 87.8 Å². The van der Waals surface area contributed by atoms with Crippen molar-refractivity contribution in [3.63, 3.8) is 0 Å². The molecule has 1 aliphatic carbocycles. The lowest BCUT2D eigenvalue weighted by Crippen LogP contribution is -2.81. The number of carbonyl (C=O) groups excluding carboxylic acids is 1. The molecule has 1 saturated carbocycles. The molecular weight excluding hydrogens is 955 g/mol. The van der Waals surface area contributed by atoms with E-state index in [9.17, 15) is 57.5 Å². The number of benzene rings is 5. The van der Waals surface area contributed by atoms with Crippen molar-refractivity contribution in [3.8, 4) is 0 Å². The summed E-state index contributed by atoms with van der Waals surface area (Å²) in [6.45, 7) is 0.764. The maximum atomic E-state index is 15.4. The molecule has 1 fully saturated rings. The lowest BCUT2D eigenvalue weighted by Gasteiger charge is -2.44. The maximum Gasteiger partial charge on any atom is 0.338 e. The van der Waals surface area contributed by atoms with Crippen LogP contribution in [0.3, 0.4) is 0 Å². The molecule has 0 unspecified atom stereocenters. The van der Waals surface area contributed by atoms with E-state index in [4.69, 9.17) is 4.74 Å². The molecule has 1 heterocycles. The molecule has 0 aliphatic heterocycles. The number of hydrogen-bond donors (Lipinski definition) is 0. The average Bonchev–Trinajstić information content (AvgIpc) is 3.32. The number of halogens is 20. The fourth-order valence-electron chi connectivity index (χ4n) is 7.69. The molecule has 25 heteroatoms. The second-order valence-electron chi connectivity index (χ2n) is 14.6. The maximum absolute atomic E-state index is 15.4. The Bertz CT molecular complexity index is 2530. The standard InChI is InChI=1S/C24BF20.C18H21N2O2/c26-5-1(6(27)14(35)21(42)13(5)34)25(2-7(28)15(36)22(43)16(37)8(2)29,3-9(30)17(38)23(44)18(39)10(3)31)4-11(32)19(40)24(45)20(41)12(4)33;21-18(22-17-4-2-1-3-5-17)16-8-6-15(7-9-16)14-20-12-10-19-11-13-20/h;6-13,17H,1-5,14H2/q-1;+1. The second kappa shape index (κ2) is 19.3. The fraction of sp³-hybridized carbons (Fsp3) is 0.167. The Morgan fingerprint density at radius 1 is 0.448 bits per heavy atom. The minimum Gasteiger partial charge on any atom is -0.459 e. The van der Waals surface area contributed by atoms with Crippen LogP contribution in [0.1, 0.15) is 48.0 Å². The molecule has 7 rings (SSSR count). The van der Waals surface area contributed by atoms with Crippen LogP contribution < -0.4 is 26.4 Å². The summed E-state index contributed by atoms with van der Waals surface area (Å²) in [5.41, 5.74) is -12.6.